The van der Waals surface area contributed by atoms with Gasteiger partial charge in [-0.25, -0.2) is 0 Å². The molecule has 0 fully saturated rings. The first kappa shape index (κ1) is 23.5. The first-order valence-corrected chi connectivity index (χ1v) is 12.3. The van der Waals surface area contributed by atoms with E-state index in [0.717, 1.165) is 17.5 Å². The lowest BCUT2D eigenvalue weighted by molar-refractivity contribution is -0.121. The maximum absolute atomic E-state index is 13.3. The molecule has 7 nitrogen and oxygen atoms in total. The molecule has 2 heterocycles. The topological polar surface area (TPSA) is 81.3 Å². The molecule has 1 N–H and O–H groups in total. The summed E-state index contributed by atoms with van der Waals surface area (Å²) in [4.78, 5) is 25.8. The first-order chi connectivity index (χ1) is 17.6. The van der Waals surface area contributed by atoms with E-state index in [1.165, 1.54) is 11.1 Å². The number of para-hydroxylation sites is 1. The summed E-state index contributed by atoms with van der Waals surface area (Å²) in [6.07, 6.45) is 2.23. The zero-order chi connectivity index (χ0) is 24.9. The Bertz CT molecular complexity index is 1550. The van der Waals surface area contributed by atoms with Gasteiger partial charge in [0, 0.05) is 25.9 Å². The van der Waals surface area contributed by atoms with Gasteiger partial charge in [0.05, 0.1) is 10.9 Å². The summed E-state index contributed by atoms with van der Waals surface area (Å²) in [5.41, 5.74) is 4.25. The van der Waals surface area contributed by atoms with Crippen LogP contribution >= 0.6 is 0 Å². The molecular formula is C29H29N5O2. The first-order valence-electron chi connectivity index (χ1n) is 12.3. The maximum Gasteiger partial charge on any atom is 0.262 e. The Morgan fingerprint density at radius 2 is 1.56 bits per heavy atom. The zero-order valence-electron chi connectivity index (χ0n) is 20.4. The predicted molar refractivity (Wildman–Crippen MR) is 141 cm³/mol. The fourth-order valence-corrected chi connectivity index (χ4v) is 4.48. The summed E-state index contributed by atoms with van der Waals surface area (Å²) in [6, 6.07) is 25.9. The number of carbonyl (C=O) groups is 1. The fraction of sp³-hybridized carbons (Fsp3) is 0.241. The van der Waals surface area contributed by atoms with Crippen molar-refractivity contribution in [3.8, 4) is 0 Å². The van der Waals surface area contributed by atoms with Gasteiger partial charge in [-0.3, -0.25) is 18.6 Å². The third-order valence-electron chi connectivity index (χ3n) is 6.47. The van der Waals surface area contributed by atoms with Crippen molar-refractivity contribution in [3.05, 3.63) is 112 Å². The van der Waals surface area contributed by atoms with Crippen molar-refractivity contribution in [2.45, 2.75) is 39.2 Å². The lowest BCUT2D eigenvalue weighted by Crippen LogP contribution is -2.26. The zero-order valence-corrected chi connectivity index (χ0v) is 20.4. The van der Waals surface area contributed by atoms with Crippen LogP contribution in [0.4, 0.5) is 0 Å². The average Bonchev–Trinajstić information content (AvgIpc) is 3.33. The molecule has 0 aliphatic carbocycles. The number of nitrogens with zero attached hydrogens (tertiary/aromatic N) is 4. The second-order valence-electron chi connectivity index (χ2n) is 9.05. The second kappa shape index (κ2) is 10.6. The summed E-state index contributed by atoms with van der Waals surface area (Å²) in [5.74, 6) is 1.15. The second-order valence-corrected chi connectivity index (χ2v) is 9.05. The minimum Gasteiger partial charge on any atom is -0.356 e. The molecule has 5 aromatic rings. The van der Waals surface area contributed by atoms with Crippen molar-refractivity contribution >= 4 is 22.6 Å². The van der Waals surface area contributed by atoms with Gasteiger partial charge in [0.2, 0.25) is 11.7 Å². The van der Waals surface area contributed by atoms with Crippen LogP contribution in [0.3, 0.4) is 0 Å². The van der Waals surface area contributed by atoms with Crippen LogP contribution in [0.2, 0.25) is 0 Å². The molecule has 0 bridgehead atoms. The Morgan fingerprint density at radius 1 is 0.833 bits per heavy atom. The molecule has 36 heavy (non-hydrogen) atoms. The number of hydrogen-bond acceptors (Lipinski definition) is 4. The Labute approximate surface area is 209 Å². The van der Waals surface area contributed by atoms with Gasteiger partial charge in [0.15, 0.2) is 0 Å². The Balaban J connectivity index is 1.33. The molecule has 0 radical (unpaired) electrons. The van der Waals surface area contributed by atoms with Gasteiger partial charge in [-0.05, 0) is 43.0 Å². The van der Waals surface area contributed by atoms with Crippen LogP contribution in [0.25, 0.3) is 16.7 Å². The molecule has 7 heteroatoms. The largest absolute Gasteiger partial charge is 0.356 e. The normalized spacial score (nSPS) is 11.2. The molecule has 5 rings (SSSR count). The third-order valence-corrected chi connectivity index (χ3v) is 6.47. The number of carbonyl (C=O) groups excluding carboxylic acids is 1. The molecule has 0 aliphatic rings. The molecule has 2 aromatic heterocycles. The summed E-state index contributed by atoms with van der Waals surface area (Å²) in [7, 11) is 0. The van der Waals surface area contributed by atoms with Crippen molar-refractivity contribution in [3.63, 3.8) is 0 Å². The van der Waals surface area contributed by atoms with E-state index in [1.807, 2.05) is 46.9 Å². The minimum absolute atomic E-state index is 0.0273. The van der Waals surface area contributed by atoms with Gasteiger partial charge in [-0.1, -0.05) is 72.3 Å². The molecular weight excluding hydrogens is 450 g/mol. The number of amides is 1. The molecule has 0 unspecified atom stereocenters. The highest BCUT2D eigenvalue weighted by Gasteiger charge is 2.17. The molecule has 182 valence electrons. The van der Waals surface area contributed by atoms with E-state index in [-0.39, 0.29) is 11.5 Å². The van der Waals surface area contributed by atoms with Crippen molar-refractivity contribution in [1.29, 1.82) is 0 Å². The number of aromatic nitrogens is 4. The van der Waals surface area contributed by atoms with Gasteiger partial charge in [-0.2, -0.15) is 0 Å². The molecule has 0 saturated carbocycles. The highest BCUT2D eigenvalue weighted by Crippen LogP contribution is 2.16. The minimum atomic E-state index is -0.0816. The van der Waals surface area contributed by atoms with Crippen molar-refractivity contribution < 1.29 is 4.79 Å². The fourth-order valence-electron chi connectivity index (χ4n) is 4.48. The summed E-state index contributed by atoms with van der Waals surface area (Å²) >= 11 is 0. The molecule has 3 aromatic carbocycles. The van der Waals surface area contributed by atoms with E-state index in [9.17, 15) is 9.59 Å². The van der Waals surface area contributed by atoms with E-state index in [1.54, 1.807) is 4.57 Å². The number of rotatable bonds is 9. The van der Waals surface area contributed by atoms with Crippen molar-refractivity contribution in [2.75, 3.05) is 6.54 Å². The van der Waals surface area contributed by atoms with Crippen LogP contribution in [-0.4, -0.2) is 31.6 Å². The monoisotopic (exact) mass is 479 g/mol. The number of fused-ring (bicyclic) bond motifs is 3. The van der Waals surface area contributed by atoms with E-state index < -0.39 is 0 Å². The highest BCUT2D eigenvalue weighted by molar-refractivity contribution is 5.80. The van der Waals surface area contributed by atoms with Crippen molar-refractivity contribution in [2.24, 2.45) is 0 Å². The number of nitrogens with one attached hydrogen (secondary N) is 1. The number of benzene rings is 3. The van der Waals surface area contributed by atoms with Crippen molar-refractivity contribution in [1.82, 2.24) is 24.5 Å². The third kappa shape index (κ3) is 5.05. The molecule has 1 amide bonds. The van der Waals surface area contributed by atoms with E-state index >= 15 is 0 Å². The molecule has 0 spiro atoms. The van der Waals surface area contributed by atoms with Crippen LogP contribution in [0.1, 0.15) is 28.9 Å². The van der Waals surface area contributed by atoms with Crippen LogP contribution in [0, 0.1) is 6.92 Å². The lowest BCUT2D eigenvalue weighted by Gasteiger charge is -2.11. The number of aryl methyl sites for hydroxylation is 4. The predicted octanol–water partition coefficient (Wildman–Crippen LogP) is 3.89. The lowest BCUT2D eigenvalue weighted by atomic mass is 10.1. The van der Waals surface area contributed by atoms with Crippen LogP contribution in [0.5, 0.6) is 0 Å². The van der Waals surface area contributed by atoms with Gasteiger partial charge >= 0.3 is 0 Å². The Kier molecular flexibility index (Phi) is 6.89. The molecule has 0 saturated heterocycles. The van der Waals surface area contributed by atoms with Gasteiger partial charge < -0.3 is 5.32 Å². The number of hydrogen-bond donors (Lipinski definition) is 1. The van der Waals surface area contributed by atoms with Gasteiger partial charge in [0.25, 0.3) is 5.56 Å². The Morgan fingerprint density at radius 3 is 2.36 bits per heavy atom. The van der Waals surface area contributed by atoms with E-state index in [2.05, 4.69) is 58.8 Å². The van der Waals surface area contributed by atoms with Crippen LogP contribution in [0.15, 0.2) is 83.7 Å². The molecule has 0 aliphatic heterocycles. The smallest absolute Gasteiger partial charge is 0.262 e. The summed E-state index contributed by atoms with van der Waals surface area (Å²) < 4.78 is 3.61. The maximum atomic E-state index is 13.3. The van der Waals surface area contributed by atoms with Crippen LogP contribution in [-0.2, 0) is 30.6 Å². The average molecular weight is 480 g/mol. The highest BCUT2D eigenvalue weighted by atomic mass is 16.1. The Hall–Kier alpha value is -4.26. The van der Waals surface area contributed by atoms with E-state index in [0.29, 0.717) is 49.3 Å². The van der Waals surface area contributed by atoms with Gasteiger partial charge in [0.1, 0.15) is 5.82 Å². The van der Waals surface area contributed by atoms with Crippen LogP contribution < -0.4 is 10.9 Å². The SMILES string of the molecule is Cc1ccc(CCNC(=O)CCc2nnc3n(CCc4ccccc4)c(=O)c4ccccc4n23)cc1. The molecule has 0 atom stereocenters. The van der Waals surface area contributed by atoms with E-state index in [4.69, 9.17) is 0 Å². The standard InChI is InChI=1S/C29H29N5O2/c1-21-11-13-23(14-12-21)17-19-30-27(35)16-15-26-31-32-29-33(20-18-22-7-3-2-4-8-22)28(36)24-9-5-6-10-25(24)34(26)29/h2-14H,15-20H2,1H3,(H,30,35). The summed E-state index contributed by atoms with van der Waals surface area (Å²) in [6.45, 7) is 3.14. The summed E-state index contributed by atoms with van der Waals surface area (Å²) in [5, 5.41) is 12.4. The van der Waals surface area contributed by atoms with Gasteiger partial charge in [-0.15, -0.1) is 10.2 Å². The quantitative estimate of drug-likeness (QED) is 0.348.